The van der Waals surface area contributed by atoms with E-state index in [0.717, 1.165) is 10.4 Å². The van der Waals surface area contributed by atoms with Crippen LogP contribution in [0, 0.1) is 0 Å². The number of nitrogens with one attached hydrogen (secondary N) is 1. The van der Waals surface area contributed by atoms with E-state index in [1.165, 1.54) is 7.05 Å². The van der Waals surface area contributed by atoms with E-state index >= 15 is 0 Å². The average Bonchev–Trinajstić information content (AvgIpc) is 2.75. The van der Waals surface area contributed by atoms with Gasteiger partial charge in [-0.1, -0.05) is 0 Å². The summed E-state index contributed by atoms with van der Waals surface area (Å²) in [6.07, 6.45) is 0. The predicted octanol–water partition coefficient (Wildman–Crippen LogP) is 1.90. The van der Waals surface area contributed by atoms with Crippen LogP contribution in [0.5, 0.6) is 5.75 Å². The Bertz CT molecular complexity index is 720. The molecule has 104 valence electrons. The summed E-state index contributed by atoms with van der Waals surface area (Å²) in [4.78, 5) is 30.5. The number of urea groups is 1. The summed E-state index contributed by atoms with van der Waals surface area (Å²) in [5.74, 6) is -0.254. The van der Waals surface area contributed by atoms with Gasteiger partial charge in [0.1, 0.15) is 5.75 Å². The molecule has 1 aromatic heterocycles. The highest BCUT2D eigenvalue weighted by atomic mass is 16.3. The molecule has 2 heterocycles. The van der Waals surface area contributed by atoms with Crippen molar-refractivity contribution in [3.05, 3.63) is 29.5 Å². The van der Waals surface area contributed by atoms with E-state index in [0.29, 0.717) is 29.7 Å². The summed E-state index contributed by atoms with van der Waals surface area (Å²) < 4.78 is 0. The number of aromatic nitrogens is 1. The number of rotatable bonds is 1. The minimum atomic E-state index is -0.349. The molecular weight excluding hydrogens is 258 g/mol. The van der Waals surface area contributed by atoms with Crippen molar-refractivity contribution in [1.82, 2.24) is 14.8 Å². The van der Waals surface area contributed by atoms with E-state index in [-0.39, 0.29) is 17.7 Å². The zero-order valence-corrected chi connectivity index (χ0v) is 11.3. The SMILES string of the molecule is CCN1Cc2[nH]c3ccc(O)cc3c2C(=O)N(C)C1=O. The van der Waals surface area contributed by atoms with E-state index < -0.39 is 0 Å². The van der Waals surface area contributed by atoms with E-state index in [9.17, 15) is 14.7 Å². The molecule has 6 nitrogen and oxygen atoms in total. The lowest BCUT2D eigenvalue weighted by molar-refractivity contribution is 0.0811. The fraction of sp³-hybridized carbons (Fsp3) is 0.286. The molecule has 1 aromatic carbocycles. The molecule has 3 rings (SSSR count). The minimum absolute atomic E-state index is 0.0951. The highest BCUT2D eigenvalue weighted by molar-refractivity contribution is 6.13. The van der Waals surface area contributed by atoms with Gasteiger partial charge in [-0.05, 0) is 25.1 Å². The number of amides is 3. The molecule has 0 spiro atoms. The van der Waals surface area contributed by atoms with Crippen molar-refractivity contribution < 1.29 is 14.7 Å². The van der Waals surface area contributed by atoms with E-state index in [1.807, 2.05) is 6.92 Å². The van der Waals surface area contributed by atoms with Crippen LogP contribution < -0.4 is 0 Å². The normalized spacial score (nSPS) is 15.7. The maximum atomic E-state index is 12.5. The molecule has 0 fully saturated rings. The summed E-state index contributed by atoms with van der Waals surface area (Å²) >= 11 is 0. The smallest absolute Gasteiger partial charge is 0.327 e. The molecule has 1 aliphatic heterocycles. The van der Waals surface area contributed by atoms with Crippen LogP contribution in [0.25, 0.3) is 10.9 Å². The van der Waals surface area contributed by atoms with Crippen molar-refractivity contribution in [3.8, 4) is 5.75 Å². The molecule has 0 radical (unpaired) electrons. The molecule has 3 amide bonds. The van der Waals surface area contributed by atoms with Crippen LogP contribution in [0.15, 0.2) is 18.2 Å². The lowest BCUT2D eigenvalue weighted by Gasteiger charge is -2.22. The zero-order chi connectivity index (χ0) is 14.4. The van der Waals surface area contributed by atoms with Gasteiger partial charge >= 0.3 is 6.03 Å². The molecule has 0 unspecified atom stereocenters. The molecule has 0 bridgehead atoms. The number of carbonyl (C=O) groups excluding carboxylic acids is 2. The maximum Gasteiger partial charge on any atom is 0.327 e. The van der Waals surface area contributed by atoms with Gasteiger partial charge in [0.05, 0.1) is 12.1 Å². The predicted molar refractivity (Wildman–Crippen MR) is 73.5 cm³/mol. The molecule has 0 atom stereocenters. The van der Waals surface area contributed by atoms with E-state index in [4.69, 9.17) is 0 Å². The maximum absolute atomic E-state index is 12.5. The summed E-state index contributed by atoms with van der Waals surface area (Å²) in [6.45, 7) is 2.75. The summed E-state index contributed by atoms with van der Waals surface area (Å²) in [5, 5.41) is 10.2. The van der Waals surface area contributed by atoms with E-state index in [1.54, 1.807) is 23.1 Å². The molecule has 0 aliphatic carbocycles. The van der Waals surface area contributed by atoms with Crippen LogP contribution in [0.3, 0.4) is 0 Å². The number of phenols is 1. The van der Waals surface area contributed by atoms with Crippen LogP contribution in [-0.2, 0) is 6.54 Å². The van der Waals surface area contributed by atoms with Crippen molar-refractivity contribution in [2.45, 2.75) is 13.5 Å². The fourth-order valence-corrected chi connectivity index (χ4v) is 2.57. The molecule has 0 saturated heterocycles. The number of benzene rings is 1. The van der Waals surface area contributed by atoms with Gasteiger partial charge < -0.3 is 15.0 Å². The summed E-state index contributed by atoms with van der Waals surface area (Å²) in [5.41, 5.74) is 1.94. The Morgan fingerprint density at radius 1 is 1.35 bits per heavy atom. The first kappa shape index (κ1) is 12.5. The Morgan fingerprint density at radius 2 is 2.10 bits per heavy atom. The number of fused-ring (bicyclic) bond motifs is 3. The molecule has 20 heavy (non-hydrogen) atoms. The number of aromatic hydroxyl groups is 1. The third-order valence-corrected chi connectivity index (χ3v) is 3.67. The third kappa shape index (κ3) is 1.65. The van der Waals surface area contributed by atoms with Gasteiger partial charge in [-0.25, -0.2) is 4.79 Å². The van der Waals surface area contributed by atoms with Crippen molar-refractivity contribution in [2.75, 3.05) is 13.6 Å². The van der Waals surface area contributed by atoms with E-state index in [2.05, 4.69) is 4.98 Å². The quantitative estimate of drug-likeness (QED) is 0.833. The Hall–Kier alpha value is -2.50. The van der Waals surface area contributed by atoms with Crippen LogP contribution >= 0.6 is 0 Å². The highest BCUT2D eigenvalue weighted by Gasteiger charge is 2.32. The number of carbonyl (C=O) groups is 2. The van der Waals surface area contributed by atoms with Gasteiger partial charge in [0, 0.05) is 30.2 Å². The number of hydrogen-bond donors (Lipinski definition) is 2. The average molecular weight is 273 g/mol. The zero-order valence-electron chi connectivity index (χ0n) is 11.3. The Kier molecular flexibility index (Phi) is 2.67. The van der Waals surface area contributed by atoms with Gasteiger partial charge in [-0.15, -0.1) is 0 Å². The number of aromatic amines is 1. The van der Waals surface area contributed by atoms with Gasteiger partial charge in [0.25, 0.3) is 5.91 Å². The molecule has 2 N–H and O–H groups in total. The molecular formula is C14H15N3O3. The number of imide groups is 1. The first-order chi connectivity index (χ1) is 9.52. The standard InChI is InChI=1S/C14H15N3O3/c1-3-17-7-11-12(13(19)16(2)14(17)20)9-6-8(18)4-5-10(9)15-11/h4-6,15,18H,3,7H2,1-2H3. The van der Waals surface area contributed by atoms with Crippen LogP contribution in [0.4, 0.5) is 4.79 Å². The van der Waals surface area contributed by atoms with Crippen molar-refractivity contribution in [2.24, 2.45) is 0 Å². The molecule has 1 aliphatic rings. The van der Waals surface area contributed by atoms with Crippen molar-refractivity contribution >= 4 is 22.8 Å². The van der Waals surface area contributed by atoms with Crippen molar-refractivity contribution in [3.63, 3.8) is 0 Å². The second kappa shape index (κ2) is 4.26. The third-order valence-electron chi connectivity index (χ3n) is 3.67. The lowest BCUT2D eigenvalue weighted by atomic mass is 10.1. The van der Waals surface area contributed by atoms with Gasteiger partial charge in [-0.3, -0.25) is 9.69 Å². The Morgan fingerprint density at radius 3 is 2.80 bits per heavy atom. The number of H-pyrrole nitrogens is 1. The number of phenolic OH excluding ortho intramolecular Hbond substituents is 1. The second-order valence-electron chi connectivity index (χ2n) is 4.87. The molecule has 2 aromatic rings. The Balaban J connectivity index is 2.26. The largest absolute Gasteiger partial charge is 0.508 e. The van der Waals surface area contributed by atoms with Crippen LogP contribution in [0.2, 0.25) is 0 Å². The molecule has 6 heteroatoms. The number of nitrogens with zero attached hydrogens (tertiary/aromatic N) is 2. The van der Waals surface area contributed by atoms with Gasteiger partial charge in [0.15, 0.2) is 0 Å². The highest BCUT2D eigenvalue weighted by Crippen LogP contribution is 2.30. The Labute approximate surface area is 115 Å². The number of hydrogen-bond acceptors (Lipinski definition) is 3. The van der Waals surface area contributed by atoms with Crippen LogP contribution in [-0.4, -0.2) is 45.4 Å². The van der Waals surface area contributed by atoms with Crippen molar-refractivity contribution in [1.29, 1.82) is 0 Å². The summed E-state index contributed by atoms with van der Waals surface area (Å²) in [6, 6.07) is 4.53. The fourth-order valence-electron chi connectivity index (χ4n) is 2.57. The first-order valence-corrected chi connectivity index (χ1v) is 6.43. The van der Waals surface area contributed by atoms with Gasteiger partial charge in [-0.2, -0.15) is 0 Å². The minimum Gasteiger partial charge on any atom is -0.508 e. The first-order valence-electron chi connectivity index (χ1n) is 6.43. The van der Waals surface area contributed by atoms with Gasteiger partial charge in [0.2, 0.25) is 0 Å². The topological polar surface area (TPSA) is 76.6 Å². The summed E-state index contributed by atoms with van der Waals surface area (Å²) in [7, 11) is 1.48. The lowest BCUT2D eigenvalue weighted by Crippen LogP contribution is -2.41. The second-order valence-corrected chi connectivity index (χ2v) is 4.87. The molecule has 0 saturated carbocycles. The monoisotopic (exact) mass is 273 g/mol. The van der Waals surface area contributed by atoms with Crippen LogP contribution in [0.1, 0.15) is 23.0 Å².